The molecule has 0 saturated heterocycles. The van der Waals surface area contributed by atoms with Gasteiger partial charge in [-0.1, -0.05) is 11.6 Å². The summed E-state index contributed by atoms with van der Waals surface area (Å²) in [6.07, 6.45) is 0. The van der Waals surface area contributed by atoms with Gasteiger partial charge < -0.3 is 0 Å². The van der Waals surface area contributed by atoms with Gasteiger partial charge in [0.15, 0.2) is 0 Å². The van der Waals surface area contributed by atoms with E-state index in [9.17, 15) is 8.42 Å². The molecule has 1 aromatic carbocycles. The van der Waals surface area contributed by atoms with E-state index in [0.29, 0.717) is 5.52 Å². The quantitative estimate of drug-likeness (QED) is 0.592. The number of hydrogen-bond donors (Lipinski definition) is 2. The SMILES string of the molecule is O=S(=O)(O)c1c(Cl)ccc2n[nH]nc12.[Ag]. The van der Waals surface area contributed by atoms with Crippen LogP contribution in [0, 0.1) is 0 Å². The second-order valence-electron chi connectivity index (χ2n) is 2.54. The average molecular weight is 342 g/mol. The van der Waals surface area contributed by atoms with E-state index < -0.39 is 15.0 Å². The van der Waals surface area contributed by atoms with Crippen molar-refractivity contribution in [3.8, 4) is 0 Å². The molecule has 2 N–H and O–H groups in total. The number of halogens is 1. The normalized spacial score (nSPS) is 11.3. The van der Waals surface area contributed by atoms with Crippen LogP contribution in [0.4, 0.5) is 0 Å². The van der Waals surface area contributed by atoms with Crippen LogP contribution < -0.4 is 0 Å². The summed E-state index contributed by atoms with van der Waals surface area (Å²) in [5.74, 6) is 0. The van der Waals surface area contributed by atoms with Crippen LogP contribution >= 0.6 is 11.6 Å². The predicted molar refractivity (Wildman–Crippen MR) is 48.7 cm³/mol. The molecule has 0 fully saturated rings. The van der Waals surface area contributed by atoms with Crippen molar-refractivity contribution in [3.63, 3.8) is 0 Å². The molecular weight excluding hydrogens is 337 g/mol. The number of hydrogen-bond acceptors (Lipinski definition) is 4. The molecule has 1 aromatic heterocycles. The molecule has 0 aliphatic rings. The number of aromatic amines is 1. The minimum Gasteiger partial charge on any atom is -0.282 e. The maximum Gasteiger partial charge on any atom is 0.298 e. The van der Waals surface area contributed by atoms with Crippen LogP contribution in [0.15, 0.2) is 17.0 Å². The van der Waals surface area contributed by atoms with Gasteiger partial charge in [0.05, 0.1) is 5.02 Å². The minimum absolute atomic E-state index is 0. The van der Waals surface area contributed by atoms with Crippen LogP contribution in [0.3, 0.4) is 0 Å². The Kier molecular flexibility index (Phi) is 3.54. The van der Waals surface area contributed by atoms with E-state index >= 15 is 0 Å². The first-order valence-electron chi connectivity index (χ1n) is 3.46. The summed E-state index contributed by atoms with van der Waals surface area (Å²) in [6, 6.07) is 2.82. The van der Waals surface area contributed by atoms with Crippen molar-refractivity contribution in [2.45, 2.75) is 4.90 Å². The number of nitrogens with one attached hydrogen (secondary N) is 1. The molecule has 0 amide bonds. The van der Waals surface area contributed by atoms with Gasteiger partial charge in [0.2, 0.25) is 0 Å². The van der Waals surface area contributed by atoms with Gasteiger partial charge in [-0.25, -0.2) is 0 Å². The molecular formula is C6H4AgClN3O3S. The zero-order valence-electron chi connectivity index (χ0n) is 6.90. The van der Waals surface area contributed by atoms with Crippen molar-refractivity contribution >= 4 is 32.8 Å². The fourth-order valence-electron chi connectivity index (χ4n) is 1.11. The standard InChI is InChI=1S/C6H4ClN3O3S.Ag/c7-3-1-2-4-5(9-10-8-4)6(3)14(11,12)13;/h1-2H,(H,8,9,10)(H,11,12,13);. The molecule has 15 heavy (non-hydrogen) atoms. The second kappa shape index (κ2) is 4.20. The third-order valence-corrected chi connectivity index (χ3v) is 3.01. The Labute approximate surface area is 105 Å². The number of H-pyrrole nitrogens is 1. The Balaban J connectivity index is 0.00000112. The van der Waals surface area contributed by atoms with Gasteiger partial charge in [-0.15, -0.1) is 0 Å². The number of fused-ring (bicyclic) bond motifs is 1. The van der Waals surface area contributed by atoms with E-state index in [1.807, 2.05) is 0 Å². The van der Waals surface area contributed by atoms with E-state index in [-0.39, 0.29) is 32.9 Å². The van der Waals surface area contributed by atoms with Crippen LogP contribution in [0.5, 0.6) is 0 Å². The van der Waals surface area contributed by atoms with Gasteiger partial charge in [-0.05, 0) is 12.1 Å². The van der Waals surface area contributed by atoms with E-state index in [1.54, 1.807) is 0 Å². The summed E-state index contributed by atoms with van der Waals surface area (Å²) in [5.41, 5.74) is 0.349. The fraction of sp³-hybridized carbons (Fsp3) is 0. The van der Waals surface area contributed by atoms with E-state index in [4.69, 9.17) is 16.2 Å². The Hall–Kier alpha value is -0.440. The maximum absolute atomic E-state index is 11.0. The largest absolute Gasteiger partial charge is 0.298 e. The summed E-state index contributed by atoms with van der Waals surface area (Å²) in [6.45, 7) is 0. The van der Waals surface area contributed by atoms with Crippen molar-refractivity contribution in [1.29, 1.82) is 0 Å². The zero-order chi connectivity index (χ0) is 10.3. The molecule has 0 saturated carbocycles. The molecule has 0 bridgehead atoms. The van der Waals surface area contributed by atoms with Gasteiger partial charge in [0.25, 0.3) is 10.1 Å². The van der Waals surface area contributed by atoms with Gasteiger partial charge in [0, 0.05) is 22.4 Å². The zero-order valence-corrected chi connectivity index (χ0v) is 9.96. The van der Waals surface area contributed by atoms with Gasteiger partial charge >= 0.3 is 0 Å². The van der Waals surface area contributed by atoms with Crippen molar-refractivity contribution in [3.05, 3.63) is 17.2 Å². The summed E-state index contributed by atoms with van der Waals surface area (Å²) in [5, 5.41) is 9.40. The van der Waals surface area contributed by atoms with E-state index in [2.05, 4.69) is 15.4 Å². The van der Waals surface area contributed by atoms with Crippen molar-refractivity contribution in [1.82, 2.24) is 15.4 Å². The second-order valence-corrected chi connectivity index (χ2v) is 4.31. The Morgan fingerprint density at radius 2 is 2.00 bits per heavy atom. The molecule has 0 aliphatic carbocycles. The van der Waals surface area contributed by atoms with Crippen molar-refractivity contribution in [2.75, 3.05) is 0 Å². The molecule has 1 radical (unpaired) electrons. The van der Waals surface area contributed by atoms with Crippen LogP contribution in [0.1, 0.15) is 0 Å². The van der Waals surface area contributed by atoms with Gasteiger partial charge in [0.1, 0.15) is 15.9 Å². The van der Waals surface area contributed by atoms with Crippen LogP contribution in [0.2, 0.25) is 5.02 Å². The molecule has 2 aromatic rings. The molecule has 0 unspecified atom stereocenters. The summed E-state index contributed by atoms with van der Waals surface area (Å²) in [7, 11) is -4.38. The Morgan fingerprint density at radius 3 is 2.60 bits per heavy atom. The topological polar surface area (TPSA) is 95.9 Å². The fourth-order valence-corrected chi connectivity index (χ4v) is 2.26. The first kappa shape index (κ1) is 12.6. The number of aromatic nitrogens is 3. The van der Waals surface area contributed by atoms with E-state index in [1.165, 1.54) is 12.1 Å². The predicted octanol–water partition coefficient (Wildman–Crippen LogP) is 0.855. The Bertz CT molecular complexity index is 597. The molecule has 1 heterocycles. The van der Waals surface area contributed by atoms with Gasteiger partial charge in [-0.3, -0.25) is 4.55 Å². The molecule has 2 rings (SSSR count). The van der Waals surface area contributed by atoms with E-state index in [0.717, 1.165) is 0 Å². The maximum atomic E-state index is 11.0. The number of benzene rings is 1. The molecule has 6 nitrogen and oxygen atoms in total. The first-order chi connectivity index (χ1) is 6.50. The number of rotatable bonds is 1. The Morgan fingerprint density at radius 1 is 1.33 bits per heavy atom. The minimum atomic E-state index is -4.38. The van der Waals surface area contributed by atoms with Crippen LogP contribution in [-0.2, 0) is 32.5 Å². The average Bonchev–Trinajstić information content (AvgIpc) is 2.48. The van der Waals surface area contributed by atoms with Crippen LogP contribution in [-0.4, -0.2) is 28.4 Å². The molecule has 9 heteroatoms. The van der Waals surface area contributed by atoms with Crippen molar-refractivity contribution < 1.29 is 35.4 Å². The molecule has 0 atom stereocenters. The first-order valence-corrected chi connectivity index (χ1v) is 5.28. The van der Waals surface area contributed by atoms with Gasteiger partial charge in [-0.2, -0.15) is 23.8 Å². The van der Waals surface area contributed by atoms with Crippen molar-refractivity contribution in [2.24, 2.45) is 0 Å². The summed E-state index contributed by atoms with van der Waals surface area (Å²) < 4.78 is 30.8. The summed E-state index contributed by atoms with van der Waals surface area (Å²) >= 11 is 5.62. The molecule has 0 spiro atoms. The smallest absolute Gasteiger partial charge is 0.282 e. The van der Waals surface area contributed by atoms with Crippen LogP contribution in [0.25, 0.3) is 11.0 Å². The number of nitrogens with zero attached hydrogens (tertiary/aromatic N) is 2. The molecule has 85 valence electrons. The third kappa shape index (κ3) is 2.22. The summed E-state index contributed by atoms with van der Waals surface area (Å²) in [4.78, 5) is -0.426. The molecule has 0 aliphatic heterocycles. The third-order valence-electron chi connectivity index (χ3n) is 1.65. The monoisotopic (exact) mass is 340 g/mol.